The Balaban J connectivity index is 2.90. The number of ether oxygens (including phenoxy) is 4. The third-order valence-corrected chi connectivity index (χ3v) is 3.55. The Morgan fingerprint density at radius 3 is 2.32 bits per heavy atom. The lowest BCUT2D eigenvalue weighted by Gasteiger charge is -2.20. The summed E-state index contributed by atoms with van der Waals surface area (Å²) >= 11 is 0. The number of nitrogens with one attached hydrogen (secondary N) is 1. The average Bonchev–Trinajstić information content (AvgIpc) is 2.61. The van der Waals surface area contributed by atoms with E-state index < -0.39 is 17.7 Å². The Morgan fingerprint density at radius 2 is 1.79 bits per heavy atom. The highest BCUT2D eigenvalue weighted by atomic mass is 16.6. The van der Waals surface area contributed by atoms with E-state index >= 15 is 0 Å². The van der Waals surface area contributed by atoms with Crippen LogP contribution >= 0.6 is 0 Å². The van der Waals surface area contributed by atoms with Crippen LogP contribution in [-0.4, -0.2) is 45.0 Å². The molecule has 0 aliphatic rings. The number of hydrogen-bond acceptors (Lipinski definition) is 6. The van der Waals surface area contributed by atoms with Gasteiger partial charge in [-0.2, -0.15) is 0 Å². The lowest BCUT2D eigenvalue weighted by molar-refractivity contribution is 0.0516. The molecule has 0 atom stereocenters. The zero-order chi connectivity index (χ0) is 21.3. The Hall–Kier alpha value is -2.70. The number of amides is 1. The molecule has 0 unspecified atom stereocenters. The molecule has 1 rings (SSSR count). The maximum absolute atomic E-state index is 12.2. The van der Waals surface area contributed by atoms with Crippen LogP contribution in [0.5, 0.6) is 11.5 Å². The molecule has 7 nitrogen and oxygen atoms in total. The largest absolute Gasteiger partial charge is 0.496 e. The van der Waals surface area contributed by atoms with Gasteiger partial charge < -0.3 is 24.3 Å². The number of esters is 1. The summed E-state index contributed by atoms with van der Waals surface area (Å²) in [7, 11) is 2.88. The summed E-state index contributed by atoms with van der Waals surface area (Å²) in [5.74, 6) is 0.437. The molecule has 0 saturated carbocycles. The summed E-state index contributed by atoms with van der Waals surface area (Å²) in [6, 6.07) is 3.37. The fourth-order valence-corrected chi connectivity index (χ4v) is 2.29. The molecule has 0 heterocycles. The van der Waals surface area contributed by atoms with E-state index in [2.05, 4.69) is 5.32 Å². The van der Waals surface area contributed by atoms with E-state index in [0.29, 0.717) is 23.5 Å². The van der Waals surface area contributed by atoms with Gasteiger partial charge in [0, 0.05) is 6.07 Å². The molecule has 1 amide bonds. The molecule has 0 radical (unpaired) electrons. The van der Waals surface area contributed by atoms with Crippen LogP contribution in [0.2, 0.25) is 0 Å². The van der Waals surface area contributed by atoms with Gasteiger partial charge in [0.15, 0.2) is 0 Å². The monoisotopic (exact) mass is 393 g/mol. The molecule has 0 saturated heterocycles. The Morgan fingerprint density at radius 1 is 1.11 bits per heavy atom. The van der Waals surface area contributed by atoms with Crippen molar-refractivity contribution in [3.8, 4) is 11.5 Å². The minimum absolute atomic E-state index is 0.152. The first kappa shape index (κ1) is 23.3. The quantitative estimate of drug-likeness (QED) is 0.410. The maximum atomic E-state index is 12.2. The highest BCUT2D eigenvalue weighted by Crippen LogP contribution is 2.30. The molecular formula is C21H31NO6. The lowest BCUT2D eigenvalue weighted by atomic mass is 10.0. The van der Waals surface area contributed by atoms with Crippen LogP contribution in [0, 0.1) is 0 Å². The van der Waals surface area contributed by atoms with Crippen molar-refractivity contribution < 1.29 is 28.5 Å². The van der Waals surface area contributed by atoms with E-state index in [1.165, 1.54) is 7.11 Å². The molecular weight excluding hydrogens is 362 g/mol. The van der Waals surface area contributed by atoms with Crippen LogP contribution in [0.4, 0.5) is 4.79 Å². The van der Waals surface area contributed by atoms with E-state index in [9.17, 15) is 9.59 Å². The van der Waals surface area contributed by atoms with E-state index in [4.69, 9.17) is 18.9 Å². The van der Waals surface area contributed by atoms with Gasteiger partial charge >= 0.3 is 12.1 Å². The fraction of sp³-hybridized carbons (Fsp3) is 0.524. The second kappa shape index (κ2) is 10.6. The van der Waals surface area contributed by atoms with Crippen LogP contribution in [-0.2, 0) is 15.9 Å². The van der Waals surface area contributed by atoms with Gasteiger partial charge in [-0.15, -0.1) is 0 Å². The number of methoxy groups -OCH3 is 2. The van der Waals surface area contributed by atoms with Crippen molar-refractivity contribution in [1.82, 2.24) is 5.32 Å². The first-order valence-electron chi connectivity index (χ1n) is 9.09. The normalized spacial score (nSPS) is 10.7. The molecule has 0 fully saturated rings. The summed E-state index contributed by atoms with van der Waals surface area (Å²) in [6.45, 7) is 9.74. The minimum atomic E-state index is -0.572. The first-order valence-corrected chi connectivity index (χ1v) is 9.09. The van der Waals surface area contributed by atoms with Gasteiger partial charge in [-0.25, -0.2) is 9.59 Å². The van der Waals surface area contributed by atoms with Gasteiger partial charge in [-0.1, -0.05) is 11.6 Å². The van der Waals surface area contributed by atoms with Crippen LogP contribution < -0.4 is 14.8 Å². The predicted octanol–water partition coefficient (Wildman–Crippen LogP) is 3.89. The fourth-order valence-electron chi connectivity index (χ4n) is 2.29. The summed E-state index contributed by atoms with van der Waals surface area (Å²) in [4.78, 5) is 23.8. The zero-order valence-electron chi connectivity index (χ0n) is 17.8. The van der Waals surface area contributed by atoms with Gasteiger partial charge in [0.1, 0.15) is 29.3 Å². The number of carbonyl (C=O) groups excluding carboxylic acids is 2. The molecule has 28 heavy (non-hydrogen) atoms. The number of allylic oxidation sites excluding steroid dienone is 2. The molecule has 1 N–H and O–H groups in total. The Labute approximate surface area is 167 Å². The van der Waals surface area contributed by atoms with Crippen molar-refractivity contribution in [2.75, 3.05) is 27.4 Å². The molecule has 7 heteroatoms. The predicted molar refractivity (Wildman–Crippen MR) is 107 cm³/mol. The number of hydrogen-bond donors (Lipinski definition) is 1. The third-order valence-electron chi connectivity index (χ3n) is 3.55. The molecule has 0 bridgehead atoms. The van der Waals surface area contributed by atoms with E-state index in [0.717, 1.165) is 11.1 Å². The highest BCUT2D eigenvalue weighted by molar-refractivity contribution is 5.93. The standard InChI is InChI=1S/C21H31NO6/c1-14(2)8-9-15-12-16(19(23)26-7)18(13-17(15)25-6)27-11-10-22-20(24)28-21(3,4)5/h8,12-13H,9-11H2,1-7H3,(H,22,24). The smallest absolute Gasteiger partial charge is 0.407 e. The summed E-state index contributed by atoms with van der Waals surface area (Å²) in [5, 5.41) is 2.60. The molecule has 0 aliphatic carbocycles. The van der Waals surface area contributed by atoms with E-state index in [1.54, 1.807) is 40.0 Å². The average molecular weight is 393 g/mol. The molecule has 1 aromatic rings. The van der Waals surface area contributed by atoms with Crippen molar-refractivity contribution in [2.24, 2.45) is 0 Å². The second-order valence-corrected chi connectivity index (χ2v) is 7.41. The van der Waals surface area contributed by atoms with Crippen molar-refractivity contribution in [3.63, 3.8) is 0 Å². The van der Waals surface area contributed by atoms with Crippen LogP contribution in [0.15, 0.2) is 23.8 Å². The second-order valence-electron chi connectivity index (χ2n) is 7.41. The molecule has 156 valence electrons. The van der Waals surface area contributed by atoms with Crippen molar-refractivity contribution in [1.29, 1.82) is 0 Å². The van der Waals surface area contributed by atoms with Gasteiger partial charge in [-0.05, 0) is 52.7 Å². The van der Waals surface area contributed by atoms with Gasteiger partial charge in [0.25, 0.3) is 0 Å². The highest BCUT2D eigenvalue weighted by Gasteiger charge is 2.19. The minimum Gasteiger partial charge on any atom is -0.496 e. The van der Waals surface area contributed by atoms with Crippen molar-refractivity contribution in [3.05, 3.63) is 34.9 Å². The van der Waals surface area contributed by atoms with Crippen molar-refractivity contribution in [2.45, 2.75) is 46.6 Å². The number of alkyl carbamates (subject to hydrolysis) is 1. The third kappa shape index (κ3) is 7.90. The van der Waals surface area contributed by atoms with E-state index in [1.807, 2.05) is 19.9 Å². The summed E-state index contributed by atoms with van der Waals surface area (Å²) < 4.78 is 21.2. The van der Waals surface area contributed by atoms with Crippen LogP contribution in [0.1, 0.15) is 50.5 Å². The maximum Gasteiger partial charge on any atom is 0.407 e. The first-order chi connectivity index (χ1) is 13.1. The molecule has 0 aromatic heterocycles. The molecule has 1 aromatic carbocycles. The SMILES string of the molecule is COC(=O)c1cc(CC=C(C)C)c(OC)cc1OCCNC(=O)OC(C)(C)C. The number of carbonyl (C=O) groups is 2. The van der Waals surface area contributed by atoms with Crippen molar-refractivity contribution >= 4 is 12.1 Å². The Kier molecular flexibility index (Phi) is 8.82. The van der Waals surface area contributed by atoms with Crippen LogP contribution in [0.3, 0.4) is 0 Å². The molecule has 0 aliphatic heterocycles. The number of rotatable bonds is 8. The zero-order valence-corrected chi connectivity index (χ0v) is 17.8. The van der Waals surface area contributed by atoms with Crippen LogP contribution in [0.25, 0.3) is 0 Å². The lowest BCUT2D eigenvalue weighted by Crippen LogP contribution is -2.34. The number of benzene rings is 1. The van der Waals surface area contributed by atoms with Gasteiger partial charge in [0.05, 0.1) is 20.8 Å². The summed E-state index contributed by atoms with van der Waals surface area (Å²) in [6.07, 6.45) is 2.14. The van der Waals surface area contributed by atoms with Gasteiger partial charge in [0.2, 0.25) is 0 Å². The Bertz CT molecular complexity index is 714. The summed E-state index contributed by atoms with van der Waals surface area (Å²) in [5.41, 5.74) is 1.74. The molecule has 0 spiro atoms. The topological polar surface area (TPSA) is 83.1 Å². The van der Waals surface area contributed by atoms with E-state index in [-0.39, 0.29) is 13.2 Å². The van der Waals surface area contributed by atoms with Gasteiger partial charge in [-0.3, -0.25) is 0 Å².